The summed E-state index contributed by atoms with van der Waals surface area (Å²) in [5.74, 6) is -3.54. The lowest BCUT2D eigenvalue weighted by molar-refractivity contribution is -0.130. The highest BCUT2D eigenvalue weighted by atomic mass is 35.5. The minimum Gasteiger partial charge on any atom is -0.367 e. The van der Waals surface area contributed by atoms with Gasteiger partial charge in [0.2, 0.25) is 15.7 Å². The van der Waals surface area contributed by atoms with Gasteiger partial charge in [0.05, 0.1) is 17.0 Å². The molecule has 1 aliphatic heterocycles. The standard InChI is InChI=1S/C19H19ClF2N2O3S/c20-15-5-3-4-14(12-15)13-18(25)24-10-8-23(9-11-24)16-6-1-2-7-17(16)28(26,27)19(21)22/h1-7,12,19H,8-11,13H2. The zero-order chi connectivity index (χ0) is 20.3. The molecule has 0 atom stereocenters. The van der Waals surface area contributed by atoms with Crippen LogP contribution in [0.1, 0.15) is 5.56 Å². The maximum Gasteiger partial charge on any atom is 0.341 e. The predicted octanol–water partition coefficient (Wildman–Crippen LogP) is 3.23. The van der Waals surface area contributed by atoms with E-state index in [4.69, 9.17) is 11.6 Å². The summed E-state index contributed by atoms with van der Waals surface area (Å²) in [5.41, 5.74) is 1.05. The van der Waals surface area contributed by atoms with E-state index in [9.17, 15) is 22.0 Å². The Morgan fingerprint density at radius 2 is 1.71 bits per heavy atom. The Hall–Kier alpha value is -2.19. The highest BCUT2D eigenvalue weighted by Crippen LogP contribution is 2.29. The highest BCUT2D eigenvalue weighted by Gasteiger charge is 2.31. The van der Waals surface area contributed by atoms with Gasteiger partial charge >= 0.3 is 5.76 Å². The van der Waals surface area contributed by atoms with Gasteiger partial charge in [0.25, 0.3) is 0 Å². The number of carbonyl (C=O) groups is 1. The minimum absolute atomic E-state index is 0.0598. The first-order valence-corrected chi connectivity index (χ1v) is 10.6. The van der Waals surface area contributed by atoms with Crippen LogP contribution < -0.4 is 4.90 Å². The maximum absolute atomic E-state index is 13.0. The molecular formula is C19H19ClF2N2O3S. The Kier molecular flexibility index (Phi) is 6.20. The molecule has 2 aromatic carbocycles. The van der Waals surface area contributed by atoms with Crippen molar-refractivity contribution in [3.63, 3.8) is 0 Å². The number of hydrogen-bond donors (Lipinski definition) is 0. The number of nitrogens with zero attached hydrogens (tertiary/aromatic N) is 2. The van der Waals surface area contributed by atoms with E-state index in [1.807, 2.05) is 6.07 Å². The van der Waals surface area contributed by atoms with Gasteiger partial charge in [0.1, 0.15) is 0 Å². The van der Waals surface area contributed by atoms with Crippen molar-refractivity contribution in [2.45, 2.75) is 17.1 Å². The Bertz CT molecular complexity index is 961. The number of amides is 1. The first kappa shape index (κ1) is 20.5. The number of carbonyl (C=O) groups excluding carboxylic acids is 1. The van der Waals surface area contributed by atoms with E-state index < -0.39 is 15.6 Å². The molecule has 3 rings (SSSR count). The summed E-state index contributed by atoms with van der Waals surface area (Å²) in [6.45, 7) is 1.47. The van der Waals surface area contributed by atoms with Crippen molar-refractivity contribution < 1.29 is 22.0 Å². The second-order valence-corrected chi connectivity index (χ2v) is 8.77. The zero-order valence-electron chi connectivity index (χ0n) is 14.9. The van der Waals surface area contributed by atoms with E-state index >= 15 is 0 Å². The zero-order valence-corrected chi connectivity index (χ0v) is 16.5. The highest BCUT2D eigenvalue weighted by molar-refractivity contribution is 7.91. The van der Waals surface area contributed by atoms with E-state index in [0.29, 0.717) is 31.2 Å². The first-order chi connectivity index (χ1) is 13.3. The van der Waals surface area contributed by atoms with Gasteiger partial charge in [0.15, 0.2) is 0 Å². The SMILES string of the molecule is O=C(Cc1cccc(Cl)c1)N1CCN(c2ccccc2S(=O)(=O)C(F)F)CC1. The second-order valence-electron chi connectivity index (χ2n) is 6.45. The fourth-order valence-electron chi connectivity index (χ4n) is 3.19. The lowest BCUT2D eigenvalue weighted by Crippen LogP contribution is -2.49. The molecule has 1 aliphatic rings. The van der Waals surface area contributed by atoms with Crippen LogP contribution in [0.15, 0.2) is 53.4 Å². The summed E-state index contributed by atoms with van der Waals surface area (Å²) in [5, 5.41) is 0.562. The molecule has 1 saturated heterocycles. The number of sulfone groups is 1. The van der Waals surface area contributed by atoms with Crippen molar-refractivity contribution in [2.75, 3.05) is 31.1 Å². The van der Waals surface area contributed by atoms with Crippen molar-refractivity contribution in [1.82, 2.24) is 4.90 Å². The average molecular weight is 429 g/mol. The maximum atomic E-state index is 13.0. The Morgan fingerprint density at radius 1 is 1.04 bits per heavy atom. The lowest BCUT2D eigenvalue weighted by atomic mass is 10.1. The molecule has 0 N–H and O–H groups in total. The van der Waals surface area contributed by atoms with E-state index in [1.165, 1.54) is 18.2 Å². The van der Waals surface area contributed by atoms with E-state index in [-0.39, 0.29) is 22.9 Å². The number of para-hydroxylation sites is 1. The summed E-state index contributed by atoms with van der Waals surface area (Å²) < 4.78 is 49.9. The summed E-state index contributed by atoms with van der Waals surface area (Å²) in [6.07, 6.45) is 0.219. The molecule has 0 aliphatic carbocycles. The number of hydrogen-bond acceptors (Lipinski definition) is 4. The van der Waals surface area contributed by atoms with Crippen LogP contribution in [0, 0.1) is 0 Å². The molecule has 0 bridgehead atoms. The lowest BCUT2D eigenvalue weighted by Gasteiger charge is -2.37. The van der Waals surface area contributed by atoms with E-state index in [0.717, 1.165) is 5.56 Å². The number of anilines is 1. The molecule has 2 aromatic rings. The van der Waals surface area contributed by atoms with Crippen LogP contribution in [0.5, 0.6) is 0 Å². The first-order valence-electron chi connectivity index (χ1n) is 8.67. The summed E-state index contributed by atoms with van der Waals surface area (Å²) >= 11 is 5.94. The summed E-state index contributed by atoms with van der Waals surface area (Å²) in [7, 11) is -4.70. The quantitative estimate of drug-likeness (QED) is 0.733. The predicted molar refractivity (Wildman–Crippen MR) is 104 cm³/mol. The molecule has 0 unspecified atom stereocenters. The largest absolute Gasteiger partial charge is 0.367 e. The number of alkyl halides is 2. The normalized spacial score (nSPS) is 15.1. The molecule has 1 fully saturated rings. The van der Waals surface area contributed by atoms with Crippen LogP contribution in [0.2, 0.25) is 5.02 Å². The average Bonchev–Trinajstić information content (AvgIpc) is 2.68. The topological polar surface area (TPSA) is 57.7 Å². The fourth-order valence-corrected chi connectivity index (χ4v) is 4.35. The summed E-state index contributed by atoms with van der Waals surface area (Å²) in [4.78, 5) is 15.5. The Balaban J connectivity index is 1.69. The van der Waals surface area contributed by atoms with Crippen LogP contribution in [0.25, 0.3) is 0 Å². The third-order valence-corrected chi connectivity index (χ3v) is 6.29. The number of halogens is 3. The molecule has 9 heteroatoms. The van der Waals surface area contributed by atoms with Crippen molar-refractivity contribution in [3.05, 3.63) is 59.1 Å². The van der Waals surface area contributed by atoms with E-state index in [1.54, 1.807) is 34.1 Å². The molecule has 1 amide bonds. The third kappa shape index (κ3) is 4.44. The Morgan fingerprint density at radius 3 is 2.36 bits per heavy atom. The monoisotopic (exact) mass is 428 g/mol. The van der Waals surface area contributed by atoms with Crippen molar-refractivity contribution in [3.8, 4) is 0 Å². The van der Waals surface area contributed by atoms with E-state index in [2.05, 4.69) is 0 Å². The van der Waals surface area contributed by atoms with Gasteiger partial charge in [-0.25, -0.2) is 8.42 Å². The molecule has 0 saturated carbocycles. The number of benzene rings is 2. The van der Waals surface area contributed by atoms with Gasteiger partial charge in [-0.1, -0.05) is 35.9 Å². The Labute approximate surface area is 167 Å². The molecule has 0 spiro atoms. The van der Waals surface area contributed by atoms with Gasteiger partial charge in [-0.15, -0.1) is 0 Å². The van der Waals surface area contributed by atoms with Gasteiger partial charge in [0, 0.05) is 31.2 Å². The van der Waals surface area contributed by atoms with Crippen molar-refractivity contribution in [2.24, 2.45) is 0 Å². The van der Waals surface area contributed by atoms with Crippen LogP contribution in [0.4, 0.5) is 14.5 Å². The van der Waals surface area contributed by atoms with Crippen LogP contribution in [-0.2, 0) is 21.1 Å². The molecule has 0 aromatic heterocycles. The number of rotatable bonds is 5. The van der Waals surface area contributed by atoms with Crippen LogP contribution in [0.3, 0.4) is 0 Å². The molecule has 5 nitrogen and oxygen atoms in total. The van der Waals surface area contributed by atoms with Crippen LogP contribution >= 0.6 is 11.6 Å². The molecule has 150 valence electrons. The van der Waals surface area contributed by atoms with Gasteiger partial charge in [-0.05, 0) is 29.8 Å². The molecule has 28 heavy (non-hydrogen) atoms. The van der Waals surface area contributed by atoms with Crippen LogP contribution in [-0.4, -0.2) is 51.2 Å². The molecular weight excluding hydrogens is 410 g/mol. The van der Waals surface area contributed by atoms with Gasteiger partial charge < -0.3 is 9.80 Å². The fraction of sp³-hybridized carbons (Fsp3) is 0.316. The van der Waals surface area contributed by atoms with Crippen molar-refractivity contribution in [1.29, 1.82) is 0 Å². The second kappa shape index (κ2) is 8.45. The smallest absolute Gasteiger partial charge is 0.341 e. The summed E-state index contributed by atoms with van der Waals surface area (Å²) in [6, 6.07) is 12.8. The minimum atomic E-state index is -4.70. The molecule has 1 heterocycles. The third-order valence-electron chi connectivity index (χ3n) is 4.62. The number of piperazine rings is 1. The molecule has 0 radical (unpaired) electrons. The van der Waals surface area contributed by atoms with Crippen molar-refractivity contribution >= 4 is 33.0 Å². The van der Waals surface area contributed by atoms with Gasteiger partial charge in [-0.3, -0.25) is 4.79 Å². The van der Waals surface area contributed by atoms with Gasteiger partial charge in [-0.2, -0.15) is 8.78 Å².